The number of halogens is 3. The number of carbonyl (C=O) groups excluding carboxylic acids is 1. The third-order valence-electron chi connectivity index (χ3n) is 5.96. The minimum Gasteiger partial charge on any atom is -0.368 e. The average molecular weight is 462 g/mol. The van der Waals surface area contributed by atoms with Gasteiger partial charge < -0.3 is 20.1 Å². The summed E-state index contributed by atoms with van der Waals surface area (Å²) >= 11 is 0. The van der Waals surface area contributed by atoms with Gasteiger partial charge in [0.15, 0.2) is 6.29 Å². The van der Waals surface area contributed by atoms with E-state index in [4.69, 9.17) is 9.47 Å². The zero-order valence-corrected chi connectivity index (χ0v) is 18.8. The second-order valence-electron chi connectivity index (χ2n) is 9.20. The fourth-order valence-electron chi connectivity index (χ4n) is 3.86. The van der Waals surface area contributed by atoms with Gasteiger partial charge in [-0.15, -0.1) is 0 Å². The molecule has 2 fully saturated rings. The van der Waals surface area contributed by atoms with Crippen molar-refractivity contribution >= 4 is 19.6 Å². The van der Waals surface area contributed by atoms with Gasteiger partial charge in [0, 0.05) is 16.5 Å². The predicted molar refractivity (Wildman–Crippen MR) is 117 cm³/mol. The average Bonchev–Trinajstić information content (AvgIpc) is 3.22. The molecule has 1 saturated carbocycles. The van der Waals surface area contributed by atoms with Gasteiger partial charge in [0.1, 0.15) is 25.8 Å². The molecular weight excluding hydrogens is 436 g/mol. The number of amides is 1. The fraction of sp³-hybridized carbons (Fsp3) is 0.500. The van der Waals surface area contributed by atoms with E-state index in [2.05, 4.69) is 20.6 Å². The Balaban J connectivity index is 1.67. The summed E-state index contributed by atoms with van der Waals surface area (Å²) in [5.41, 5.74) is -1.07. The minimum absolute atomic E-state index is 0.0129. The second kappa shape index (κ2) is 8.94. The van der Waals surface area contributed by atoms with Crippen LogP contribution < -0.4 is 10.6 Å². The van der Waals surface area contributed by atoms with Crippen LogP contribution in [-0.2, 0) is 26.1 Å². The van der Waals surface area contributed by atoms with Crippen molar-refractivity contribution in [2.45, 2.75) is 56.8 Å². The number of aromatic nitrogens is 2. The summed E-state index contributed by atoms with van der Waals surface area (Å²) < 4.78 is 52.7. The lowest BCUT2D eigenvalue weighted by molar-refractivity contribution is -0.121. The Morgan fingerprint density at radius 1 is 1.30 bits per heavy atom. The number of nitrogens with one attached hydrogen (secondary N) is 2. The number of hydrogen-bond acceptors (Lipinski definition) is 6. The van der Waals surface area contributed by atoms with Crippen LogP contribution in [0.1, 0.15) is 61.8 Å². The molecule has 1 atom stereocenters. The smallest absolute Gasteiger partial charge is 0.266 e. The monoisotopic (exact) mass is 462 g/mol. The van der Waals surface area contributed by atoms with Crippen molar-refractivity contribution in [3.05, 3.63) is 52.7 Å². The van der Waals surface area contributed by atoms with Crippen LogP contribution in [0.5, 0.6) is 0 Å². The molecule has 1 amide bonds. The largest absolute Gasteiger partial charge is 0.368 e. The lowest BCUT2D eigenvalue weighted by Gasteiger charge is -2.30. The molecule has 2 aliphatic rings. The quantitative estimate of drug-likeness (QED) is 0.587. The Kier molecular flexibility index (Phi) is 6.37. The lowest BCUT2D eigenvalue weighted by atomic mass is 9.73. The zero-order chi connectivity index (χ0) is 23.8. The van der Waals surface area contributed by atoms with Crippen LogP contribution >= 0.6 is 0 Å². The summed E-state index contributed by atoms with van der Waals surface area (Å²) in [6.07, 6.45) is -0.607. The van der Waals surface area contributed by atoms with E-state index in [0.717, 1.165) is 18.9 Å². The first-order chi connectivity index (χ1) is 15.6. The highest BCUT2D eigenvalue weighted by atomic mass is 19.3. The van der Waals surface area contributed by atoms with E-state index >= 15 is 0 Å². The standard InChI is InChI=1S/C22H26BF3N4O3/c1-21(6-7-21)29-15(31)10-14-16(20-32-8-9-33-20)19(28-11-27-14)30-22(2,23)13-5-3-4-12(17(13)24)18(25)26/h3-5,11,18,20H,6-10,23H2,1-2H3,(H,29,31)(H,27,28,30)/t22-/m1/s1. The third-order valence-corrected chi connectivity index (χ3v) is 5.96. The molecule has 1 aromatic carbocycles. The molecule has 7 nitrogen and oxygen atoms in total. The summed E-state index contributed by atoms with van der Waals surface area (Å²) in [6, 6.07) is 3.90. The van der Waals surface area contributed by atoms with Crippen LogP contribution in [0.15, 0.2) is 24.5 Å². The fourth-order valence-corrected chi connectivity index (χ4v) is 3.86. The van der Waals surface area contributed by atoms with E-state index in [0.29, 0.717) is 24.5 Å². The van der Waals surface area contributed by atoms with Crippen molar-refractivity contribution in [1.82, 2.24) is 15.3 Å². The number of ether oxygens (including phenoxy) is 2. The molecule has 33 heavy (non-hydrogen) atoms. The summed E-state index contributed by atoms with van der Waals surface area (Å²) in [7, 11) is 1.66. The maximum Gasteiger partial charge on any atom is 0.266 e. The van der Waals surface area contributed by atoms with Crippen LogP contribution in [0.2, 0.25) is 0 Å². The molecule has 1 aliphatic carbocycles. The van der Waals surface area contributed by atoms with Crippen LogP contribution in [-0.4, -0.2) is 42.5 Å². The first-order valence-electron chi connectivity index (χ1n) is 10.8. The van der Waals surface area contributed by atoms with Gasteiger partial charge in [-0.1, -0.05) is 18.2 Å². The molecule has 0 radical (unpaired) electrons. The molecule has 1 aliphatic heterocycles. The summed E-state index contributed by atoms with van der Waals surface area (Å²) in [6.45, 7) is 4.35. The van der Waals surface area contributed by atoms with Crippen LogP contribution in [0.4, 0.5) is 19.0 Å². The number of hydrogen-bond donors (Lipinski definition) is 2. The number of anilines is 1. The van der Waals surface area contributed by atoms with Gasteiger partial charge in [0.2, 0.25) is 5.91 Å². The van der Waals surface area contributed by atoms with Gasteiger partial charge in [-0.05, 0) is 26.7 Å². The molecule has 1 saturated heterocycles. The molecule has 0 unspecified atom stereocenters. The highest BCUT2D eigenvalue weighted by Crippen LogP contribution is 2.36. The SMILES string of the molecule is B[C@](C)(Nc1ncnc(CC(=O)NC2(C)CC2)c1C1OCCO1)c1cccc(C(F)F)c1F. The first kappa shape index (κ1) is 23.5. The summed E-state index contributed by atoms with van der Waals surface area (Å²) in [4.78, 5) is 21.2. The molecule has 0 bridgehead atoms. The number of benzene rings is 1. The van der Waals surface area contributed by atoms with Gasteiger partial charge in [-0.25, -0.2) is 23.1 Å². The first-order valence-corrected chi connectivity index (χ1v) is 10.8. The second-order valence-corrected chi connectivity index (χ2v) is 9.20. The molecule has 2 N–H and O–H groups in total. The van der Waals surface area contributed by atoms with Gasteiger partial charge in [-0.2, -0.15) is 0 Å². The van der Waals surface area contributed by atoms with Crippen LogP contribution in [0.3, 0.4) is 0 Å². The third kappa shape index (κ3) is 5.14. The Labute approximate surface area is 190 Å². The number of nitrogens with zero attached hydrogens (tertiary/aromatic N) is 2. The highest BCUT2D eigenvalue weighted by molar-refractivity contribution is 6.17. The van der Waals surface area contributed by atoms with E-state index in [1.54, 1.807) is 14.8 Å². The predicted octanol–water partition coefficient (Wildman–Crippen LogP) is 2.73. The van der Waals surface area contributed by atoms with E-state index in [1.807, 2.05) is 6.92 Å². The molecule has 2 aromatic rings. The Morgan fingerprint density at radius 2 is 2.00 bits per heavy atom. The number of rotatable bonds is 8. The van der Waals surface area contributed by atoms with Crippen molar-refractivity contribution in [2.75, 3.05) is 18.5 Å². The molecule has 176 valence electrons. The van der Waals surface area contributed by atoms with E-state index in [9.17, 15) is 18.0 Å². The molecule has 1 aromatic heterocycles. The van der Waals surface area contributed by atoms with Crippen molar-refractivity contribution in [1.29, 1.82) is 0 Å². The zero-order valence-electron chi connectivity index (χ0n) is 18.8. The number of carbonyl (C=O) groups is 1. The Morgan fingerprint density at radius 3 is 2.64 bits per heavy atom. The van der Waals surface area contributed by atoms with Gasteiger partial charge in [-0.3, -0.25) is 4.79 Å². The van der Waals surface area contributed by atoms with Crippen molar-refractivity contribution < 1.29 is 27.4 Å². The van der Waals surface area contributed by atoms with Gasteiger partial charge in [0.05, 0.1) is 36.5 Å². The highest BCUT2D eigenvalue weighted by Gasteiger charge is 2.39. The normalized spacial score (nSPS) is 19.3. The van der Waals surface area contributed by atoms with Crippen LogP contribution in [0, 0.1) is 5.82 Å². The molecule has 11 heteroatoms. The van der Waals surface area contributed by atoms with Gasteiger partial charge in [0.25, 0.3) is 6.43 Å². The maximum atomic E-state index is 14.9. The topological polar surface area (TPSA) is 85.4 Å². The van der Waals surface area contributed by atoms with E-state index in [1.165, 1.54) is 18.5 Å². The van der Waals surface area contributed by atoms with E-state index in [-0.39, 0.29) is 29.2 Å². The van der Waals surface area contributed by atoms with Crippen molar-refractivity contribution in [3.63, 3.8) is 0 Å². The molecule has 0 spiro atoms. The maximum absolute atomic E-state index is 14.9. The Bertz CT molecular complexity index is 1040. The summed E-state index contributed by atoms with van der Waals surface area (Å²) in [5.74, 6) is -0.885. The summed E-state index contributed by atoms with van der Waals surface area (Å²) in [5, 5.41) is 6.13. The molecular formula is C22H26BF3N4O3. The van der Waals surface area contributed by atoms with Crippen molar-refractivity contribution in [2.24, 2.45) is 0 Å². The minimum atomic E-state index is -2.94. The Hall–Kier alpha value is -2.66. The van der Waals surface area contributed by atoms with Crippen LogP contribution in [0.25, 0.3) is 0 Å². The van der Waals surface area contributed by atoms with E-state index < -0.39 is 29.5 Å². The molecule has 4 rings (SSSR count). The molecule has 2 heterocycles. The van der Waals surface area contributed by atoms with Crippen molar-refractivity contribution in [3.8, 4) is 0 Å². The number of alkyl halides is 2. The van der Waals surface area contributed by atoms with Gasteiger partial charge >= 0.3 is 0 Å². The lowest BCUT2D eigenvalue weighted by Crippen LogP contribution is -2.36.